The van der Waals surface area contributed by atoms with Gasteiger partial charge in [0.15, 0.2) is 0 Å². The zero-order valence-electron chi connectivity index (χ0n) is 11.9. The first-order chi connectivity index (χ1) is 8.97. The molecule has 2 aliphatic rings. The van der Waals surface area contributed by atoms with Gasteiger partial charge in [0.1, 0.15) is 0 Å². The van der Waals surface area contributed by atoms with E-state index in [0.29, 0.717) is 18.8 Å². The summed E-state index contributed by atoms with van der Waals surface area (Å²) < 4.78 is 0. The second kappa shape index (κ2) is 5.93. The predicted molar refractivity (Wildman–Crippen MR) is 72.6 cm³/mol. The zero-order chi connectivity index (χ0) is 14.0. The topological polar surface area (TPSA) is 66.4 Å². The van der Waals surface area contributed by atoms with Crippen molar-refractivity contribution in [3.05, 3.63) is 0 Å². The third kappa shape index (κ3) is 3.48. The summed E-state index contributed by atoms with van der Waals surface area (Å²) in [5, 5.41) is 12.1. The number of carbonyl (C=O) groups excluding carboxylic acids is 1. The second-order valence-corrected chi connectivity index (χ2v) is 6.56. The van der Waals surface area contributed by atoms with E-state index in [0.717, 1.165) is 18.8 Å². The molecule has 4 nitrogen and oxygen atoms in total. The second-order valence-electron chi connectivity index (χ2n) is 6.56. The summed E-state index contributed by atoms with van der Waals surface area (Å²) in [6.07, 6.45) is 5.29. The van der Waals surface area contributed by atoms with E-state index in [1.165, 1.54) is 12.8 Å². The Hall–Kier alpha value is -1.06. The molecule has 3 unspecified atom stereocenters. The summed E-state index contributed by atoms with van der Waals surface area (Å²) in [7, 11) is 0. The normalized spacial score (nSPS) is 38.9. The SMILES string of the molecule is CC1CCC(NC(=O)[C@@H]2CC[C@H](C(=O)O)C2)C(C)C1. The number of hydrogen-bond acceptors (Lipinski definition) is 2. The van der Waals surface area contributed by atoms with Gasteiger partial charge in [-0.15, -0.1) is 0 Å². The largest absolute Gasteiger partial charge is 0.481 e. The number of nitrogens with one attached hydrogen (secondary N) is 1. The van der Waals surface area contributed by atoms with Crippen LogP contribution in [-0.4, -0.2) is 23.0 Å². The van der Waals surface area contributed by atoms with Gasteiger partial charge in [-0.05, 0) is 50.4 Å². The van der Waals surface area contributed by atoms with Crippen molar-refractivity contribution < 1.29 is 14.7 Å². The number of carboxylic acid groups (broad SMARTS) is 1. The van der Waals surface area contributed by atoms with E-state index in [1.807, 2.05) is 0 Å². The van der Waals surface area contributed by atoms with Gasteiger partial charge in [-0.3, -0.25) is 9.59 Å². The Balaban J connectivity index is 1.83. The van der Waals surface area contributed by atoms with E-state index in [9.17, 15) is 9.59 Å². The zero-order valence-corrected chi connectivity index (χ0v) is 11.9. The number of carboxylic acids is 1. The molecule has 4 heteroatoms. The maximum absolute atomic E-state index is 12.2. The quantitative estimate of drug-likeness (QED) is 0.825. The van der Waals surface area contributed by atoms with E-state index < -0.39 is 5.97 Å². The van der Waals surface area contributed by atoms with E-state index >= 15 is 0 Å². The minimum Gasteiger partial charge on any atom is -0.481 e. The smallest absolute Gasteiger partial charge is 0.306 e. The molecule has 108 valence electrons. The molecule has 2 fully saturated rings. The van der Waals surface area contributed by atoms with Crippen LogP contribution in [0.15, 0.2) is 0 Å². The molecule has 0 aromatic heterocycles. The van der Waals surface area contributed by atoms with E-state index in [2.05, 4.69) is 19.2 Å². The van der Waals surface area contributed by atoms with Crippen molar-refractivity contribution in [2.45, 2.75) is 58.4 Å². The van der Waals surface area contributed by atoms with Crippen molar-refractivity contribution in [1.82, 2.24) is 5.32 Å². The molecule has 0 spiro atoms. The van der Waals surface area contributed by atoms with Gasteiger partial charge in [0, 0.05) is 12.0 Å². The number of hydrogen-bond donors (Lipinski definition) is 2. The number of carbonyl (C=O) groups is 2. The Morgan fingerprint density at radius 1 is 1.00 bits per heavy atom. The Bertz CT molecular complexity index is 355. The third-order valence-electron chi connectivity index (χ3n) is 4.91. The van der Waals surface area contributed by atoms with Gasteiger partial charge in [-0.25, -0.2) is 0 Å². The van der Waals surface area contributed by atoms with Crippen LogP contribution in [0.1, 0.15) is 52.4 Å². The predicted octanol–water partition coefficient (Wildman–Crippen LogP) is 2.43. The van der Waals surface area contributed by atoms with Crippen molar-refractivity contribution in [3.63, 3.8) is 0 Å². The summed E-state index contributed by atoms with van der Waals surface area (Å²) >= 11 is 0. The number of aliphatic carboxylic acids is 1. The van der Waals surface area contributed by atoms with Gasteiger partial charge in [0.05, 0.1) is 5.92 Å². The van der Waals surface area contributed by atoms with Gasteiger partial charge in [0.2, 0.25) is 5.91 Å². The molecule has 0 aromatic carbocycles. The first-order valence-corrected chi connectivity index (χ1v) is 7.50. The first-order valence-electron chi connectivity index (χ1n) is 7.50. The molecule has 0 radical (unpaired) electrons. The molecule has 2 N–H and O–H groups in total. The summed E-state index contributed by atoms with van der Waals surface area (Å²) in [4.78, 5) is 23.1. The summed E-state index contributed by atoms with van der Waals surface area (Å²) in [6, 6.07) is 0.285. The molecule has 1 amide bonds. The molecule has 2 saturated carbocycles. The summed E-state index contributed by atoms with van der Waals surface area (Å²) in [5.74, 6) is 0.202. The highest BCUT2D eigenvalue weighted by Gasteiger charge is 2.35. The van der Waals surface area contributed by atoms with Crippen LogP contribution in [0.3, 0.4) is 0 Å². The number of amides is 1. The molecule has 0 heterocycles. The molecule has 0 saturated heterocycles. The fourth-order valence-electron chi connectivity index (χ4n) is 3.62. The Morgan fingerprint density at radius 2 is 1.68 bits per heavy atom. The lowest BCUT2D eigenvalue weighted by Gasteiger charge is -2.33. The molecular formula is C15H25NO3. The van der Waals surface area contributed by atoms with Gasteiger partial charge in [-0.1, -0.05) is 13.8 Å². The monoisotopic (exact) mass is 267 g/mol. The van der Waals surface area contributed by atoms with Crippen LogP contribution in [0.4, 0.5) is 0 Å². The minimum absolute atomic E-state index is 0.0788. The van der Waals surface area contributed by atoms with Crippen molar-refractivity contribution in [2.24, 2.45) is 23.7 Å². The molecule has 2 rings (SSSR count). The van der Waals surface area contributed by atoms with E-state index in [-0.39, 0.29) is 23.8 Å². The standard InChI is InChI=1S/C15H25NO3/c1-9-3-6-13(10(2)7-9)16-14(17)11-4-5-12(8-11)15(18)19/h9-13H,3-8H2,1-2H3,(H,16,17)(H,18,19)/t9?,10?,11-,12+,13?/m1/s1. The van der Waals surface area contributed by atoms with Crippen molar-refractivity contribution in [2.75, 3.05) is 0 Å². The molecule has 19 heavy (non-hydrogen) atoms. The highest BCUT2D eigenvalue weighted by molar-refractivity contribution is 5.81. The van der Waals surface area contributed by atoms with Gasteiger partial charge in [-0.2, -0.15) is 0 Å². The van der Waals surface area contributed by atoms with E-state index in [1.54, 1.807) is 0 Å². The van der Waals surface area contributed by atoms with Gasteiger partial charge < -0.3 is 10.4 Å². The van der Waals surface area contributed by atoms with Gasteiger partial charge >= 0.3 is 5.97 Å². The van der Waals surface area contributed by atoms with Crippen molar-refractivity contribution in [3.8, 4) is 0 Å². The molecule has 2 aliphatic carbocycles. The average molecular weight is 267 g/mol. The number of rotatable bonds is 3. The summed E-state index contributed by atoms with van der Waals surface area (Å²) in [6.45, 7) is 4.47. The Morgan fingerprint density at radius 3 is 2.26 bits per heavy atom. The highest BCUT2D eigenvalue weighted by Crippen LogP contribution is 2.33. The van der Waals surface area contributed by atoms with Gasteiger partial charge in [0.25, 0.3) is 0 Å². The average Bonchev–Trinajstić information content (AvgIpc) is 2.82. The van der Waals surface area contributed by atoms with Crippen molar-refractivity contribution in [1.29, 1.82) is 0 Å². The van der Waals surface area contributed by atoms with Crippen LogP contribution in [-0.2, 0) is 9.59 Å². The van der Waals surface area contributed by atoms with Crippen LogP contribution >= 0.6 is 0 Å². The maximum atomic E-state index is 12.2. The van der Waals surface area contributed by atoms with Crippen LogP contribution in [0.2, 0.25) is 0 Å². The third-order valence-corrected chi connectivity index (χ3v) is 4.91. The Labute approximate surface area is 115 Å². The maximum Gasteiger partial charge on any atom is 0.306 e. The lowest BCUT2D eigenvalue weighted by atomic mass is 9.79. The first kappa shape index (κ1) is 14.4. The van der Waals surface area contributed by atoms with Crippen LogP contribution < -0.4 is 5.32 Å². The molecule has 0 bridgehead atoms. The minimum atomic E-state index is -0.754. The lowest BCUT2D eigenvalue weighted by Crippen LogP contribution is -2.44. The van der Waals surface area contributed by atoms with Crippen LogP contribution in [0, 0.1) is 23.7 Å². The Kier molecular flexibility index (Phi) is 4.48. The summed E-state index contributed by atoms with van der Waals surface area (Å²) in [5.41, 5.74) is 0. The van der Waals surface area contributed by atoms with E-state index in [4.69, 9.17) is 5.11 Å². The van der Waals surface area contributed by atoms with Crippen LogP contribution in [0.5, 0.6) is 0 Å². The lowest BCUT2D eigenvalue weighted by molar-refractivity contribution is -0.141. The fraction of sp³-hybridized carbons (Fsp3) is 0.867. The molecule has 5 atom stereocenters. The fourth-order valence-corrected chi connectivity index (χ4v) is 3.62. The van der Waals surface area contributed by atoms with Crippen molar-refractivity contribution >= 4 is 11.9 Å². The van der Waals surface area contributed by atoms with Crippen LogP contribution in [0.25, 0.3) is 0 Å². The molecule has 0 aromatic rings. The highest BCUT2D eigenvalue weighted by atomic mass is 16.4. The molecule has 0 aliphatic heterocycles. The molecular weight excluding hydrogens is 242 g/mol.